The molecule has 144 valence electrons. The normalized spacial score (nSPS) is 11.4. The first-order valence-corrected chi connectivity index (χ1v) is 8.99. The Balaban J connectivity index is 2.01. The molecule has 0 saturated carbocycles. The third kappa shape index (κ3) is 2.82. The van der Waals surface area contributed by atoms with Gasteiger partial charge in [-0.15, -0.1) is 0 Å². The van der Waals surface area contributed by atoms with Gasteiger partial charge in [0.2, 0.25) is 0 Å². The quantitative estimate of drug-likeness (QED) is 0.498. The Bertz CT molecular complexity index is 1210. The lowest BCUT2D eigenvalue weighted by atomic mass is 10.1. The maximum Gasteiger partial charge on any atom is 0.151 e. The van der Waals surface area contributed by atoms with E-state index < -0.39 is 11.6 Å². The highest BCUT2D eigenvalue weighted by Gasteiger charge is 2.22. The summed E-state index contributed by atoms with van der Waals surface area (Å²) < 4.78 is 31.8. The molecule has 0 spiro atoms. The molecule has 0 atom stereocenters. The van der Waals surface area contributed by atoms with Crippen LogP contribution in [0, 0.1) is 18.6 Å². The topological polar surface area (TPSA) is 38.9 Å². The third-order valence-corrected chi connectivity index (χ3v) is 5.03. The second-order valence-corrected chi connectivity index (χ2v) is 7.24. The molecule has 2 aromatic carbocycles. The summed E-state index contributed by atoms with van der Waals surface area (Å²) in [6, 6.07) is 7.48. The molecule has 2 heterocycles. The van der Waals surface area contributed by atoms with E-state index in [9.17, 15) is 8.78 Å². The lowest BCUT2D eigenvalue weighted by Gasteiger charge is -2.14. The van der Waals surface area contributed by atoms with Gasteiger partial charge in [-0.3, -0.25) is 9.25 Å². The number of aromatic nitrogens is 4. The van der Waals surface area contributed by atoms with Gasteiger partial charge in [-0.05, 0) is 37.3 Å². The summed E-state index contributed by atoms with van der Waals surface area (Å²) in [7, 11) is 5.45. The standard InChI is InChI=1S/C20H18ClF2N5/c1-11-18(14-6-5-12(22)7-15(14)21)20(27(4)25-11)28-10-24-17-9-13(26(2)3)8-16(23)19(17)28/h5-10H,1-4H3. The Hall–Kier alpha value is -2.93. The number of halogens is 3. The fourth-order valence-electron chi connectivity index (χ4n) is 3.43. The SMILES string of the molecule is Cc1nn(C)c(-n2cnc3cc(N(C)C)cc(F)c32)c1-c1ccc(F)cc1Cl. The number of nitrogens with zero attached hydrogens (tertiary/aromatic N) is 5. The van der Waals surface area contributed by atoms with Crippen molar-refractivity contribution in [2.45, 2.75) is 6.92 Å². The van der Waals surface area contributed by atoms with Gasteiger partial charge in [-0.2, -0.15) is 5.10 Å². The van der Waals surface area contributed by atoms with Crippen LogP contribution in [0.5, 0.6) is 0 Å². The summed E-state index contributed by atoms with van der Waals surface area (Å²) in [6.45, 7) is 1.83. The molecule has 0 aliphatic rings. The molecule has 0 bridgehead atoms. The largest absolute Gasteiger partial charge is 0.378 e. The van der Waals surface area contributed by atoms with E-state index in [1.54, 1.807) is 28.7 Å². The Kier molecular flexibility index (Phi) is 4.34. The Morgan fingerprint density at radius 1 is 1.11 bits per heavy atom. The highest BCUT2D eigenvalue weighted by Crippen LogP contribution is 2.37. The fraction of sp³-hybridized carbons (Fsp3) is 0.200. The van der Waals surface area contributed by atoms with Crippen molar-refractivity contribution in [1.29, 1.82) is 0 Å². The Morgan fingerprint density at radius 2 is 1.86 bits per heavy atom. The van der Waals surface area contributed by atoms with Gasteiger partial charge < -0.3 is 4.90 Å². The van der Waals surface area contributed by atoms with Crippen LogP contribution in [0.4, 0.5) is 14.5 Å². The van der Waals surface area contributed by atoms with Crippen LogP contribution in [0.25, 0.3) is 28.0 Å². The zero-order valence-electron chi connectivity index (χ0n) is 15.8. The number of fused-ring (bicyclic) bond motifs is 1. The molecule has 0 aliphatic carbocycles. The zero-order valence-corrected chi connectivity index (χ0v) is 16.6. The fourth-order valence-corrected chi connectivity index (χ4v) is 3.70. The minimum Gasteiger partial charge on any atom is -0.378 e. The lowest BCUT2D eigenvalue weighted by molar-refractivity contribution is 0.628. The van der Waals surface area contributed by atoms with Crippen molar-refractivity contribution in [3.63, 3.8) is 0 Å². The van der Waals surface area contributed by atoms with Crippen LogP contribution in [0.2, 0.25) is 5.02 Å². The van der Waals surface area contributed by atoms with E-state index in [4.69, 9.17) is 11.6 Å². The molecule has 0 saturated heterocycles. The first-order valence-electron chi connectivity index (χ1n) is 8.61. The molecule has 0 N–H and O–H groups in total. The summed E-state index contributed by atoms with van der Waals surface area (Å²) >= 11 is 6.30. The van der Waals surface area contributed by atoms with Crippen LogP contribution in [-0.4, -0.2) is 33.4 Å². The second-order valence-electron chi connectivity index (χ2n) is 6.84. The second kappa shape index (κ2) is 6.60. The summed E-state index contributed by atoms with van der Waals surface area (Å²) in [6.07, 6.45) is 1.56. The monoisotopic (exact) mass is 401 g/mol. The molecule has 0 amide bonds. The maximum absolute atomic E-state index is 15.0. The third-order valence-electron chi connectivity index (χ3n) is 4.72. The summed E-state index contributed by atoms with van der Waals surface area (Å²) in [5.41, 5.74) is 3.60. The van der Waals surface area contributed by atoms with Gasteiger partial charge in [0.25, 0.3) is 0 Å². The highest BCUT2D eigenvalue weighted by atomic mass is 35.5. The smallest absolute Gasteiger partial charge is 0.151 e. The predicted octanol–water partition coefficient (Wildman–Crippen LogP) is 4.73. The first-order chi connectivity index (χ1) is 13.3. The van der Waals surface area contributed by atoms with Crippen molar-refractivity contribution in [2.24, 2.45) is 7.05 Å². The molecule has 0 radical (unpaired) electrons. The minimum absolute atomic E-state index is 0.261. The van der Waals surface area contributed by atoms with E-state index in [0.29, 0.717) is 33.7 Å². The number of rotatable bonds is 3. The Labute approximate surface area is 165 Å². The molecule has 0 aliphatic heterocycles. The molecular formula is C20H18ClF2N5. The predicted molar refractivity (Wildman–Crippen MR) is 107 cm³/mol. The van der Waals surface area contributed by atoms with Crippen molar-refractivity contribution in [1.82, 2.24) is 19.3 Å². The number of hydrogen-bond acceptors (Lipinski definition) is 3. The van der Waals surface area contributed by atoms with Gasteiger partial charge in [0, 0.05) is 38.0 Å². The van der Waals surface area contributed by atoms with Gasteiger partial charge in [0.05, 0.1) is 16.2 Å². The van der Waals surface area contributed by atoms with Crippen LogP contribution < -0.4 is 4.90 Å². The van der Waals surface area contributed by atoms with E-state index in [0.717, 1.165) is 5.69 Å². The number of anilines is 1. The molecule has 5 nitrogen and oxygen atoms in total. The highest BCUT2D eigenvalue weighted by molar-refractivity contribution is 6.33. The summed E-state index contributed by atoms with van der Waals surface area (Å²) in [5, 5.41) is 4.74. The molecule has 8 heteroatoms. The number of aryl methyl sites for hydroxylation is 2. The van der Waals surface area contributed by atoms with Crippen molar-refractivity contribution in [3.8, 4) is 16.9 Å². The van der Waals surface area contributed by atoms with Crippen molar-refractivity contribution in [3.05, 3.63) is 59.0 Å². The van der Waals surface area contributed by atoms with Crippen LogP contribution in [0.3, 0.4) is 0 Å². The zero-order chi connectivity index (χ0) is 20.2. The van der Waals surface area contributed by atoms with Crippen LogP contribution in [-0.2, 0) is 7.05 Å². The van der Waals surface area contributed by atoms with E-state index >= 15 is 0 Å². The molecule has 0 unspecified atom stereocenters. The minimum atomic E-state index is -0.424. The van der Waals surface area contributed by atoms with Crippen molar-refractivity contribution >= 4 is 28.3 Å². The van der Waals surface area contributed by atoms with Gasteiger partial charge in [-0.25, -0.2) is 13.8 Å². The van der Waals surface area contributed by atoms with E-state index in [-0.39, 0.29) is 5.02 Å². The van der Waals surface area contributed by atoms with E-state index in [1.807, 2.05) is 32.0 Å². The van der Waals surface area contributed by atoms with Crippen LogP contribution >= 0.6 is 11.6 Å². The molecule has 2 aromatic heterocycles. The molecular weight excluding hydrogens is 384 g/mol. The van der Waals surface area contributed by atoms with Crippen molar-refractivity contribution in [2.75, 3.05) is 19.0 Å². The molecule has 4 rings (SSSR count). The molecule has 28 heavy (non-hydrogen) atoms. The maximum atomic E-state index is 15.0. The average molecular weight is 402 g/mol. The Morgan fingerprint density at radius 3 is 2.54 bits per heavy atom. The average Bonchev–Trinajstić information content (AvgIpc) is 3.15. The van der Waals surface area contributed by atoms with Crippen molar-refractivity contribution < 1.29 is 8.78 Å². The first kappa shape index (κ1) is 18.4. The van der Waals surface area contributed by atoms with Gasteiger partial charge >= 0.3 is 0 Å². The lowest BCUT2D eigenvalue weighted by Crippen LogP contribution is -2.09. The van der Waals surface area contributed by atoms with Gasteiger partial charge in [-0.1, -0.05) is 11.6 Å². The molecule has 0 fully saturated rings. The summed E-state index contributed by atoms with van der Waals surface area (Å²) in [4.78, 5) is 6.20. The number of imidazole rings is 1. The van der Waals surface area contributed by atoms with E-state index in [2.05, 4.69) is 10.1 Å². The molecule has 4 aromatic rings. The summed E-state index contributed by atoms with van der Waals surface area (Å²) in [5.74, 6) is -0.217. The van der Waals surface area contributed by atoms with Crippen LogP contribution in [0.1, 0.15) is 5.69 Å². The number of hydrogen-bond donors (Lipinski definition) is 0. The number of benzene rings is 2. The van der Waals surface area contributed by atoms with Gasteiger partial charge in [0.1, 0.15) is 23.5 Å². The van der Waals surface area contributed by atoms with Gasteiger partial charge in [0.15, 0.2) is 5.82 Å². The van der Waals surface area contributed by atoms with E-state index in [1.165, 1.54) is 18.2 Å². The van der Waals surface area contributed by atoms with Crippen LogP contribution in [0.15, 0.2) is 36.7 Å².